The van der Waals surface area contributed by atoms with Crippen LogP contribution in [-0.2, 0) is 11.3 Å². The maximum Gasteiger partial charge on any atom is 0.285 e. The zero-order valence-electron chi connectivity index (χ0n) is 23.9. The average molecular weight is 607 g/mol. The van der Waals surface area contributed by atoms with Crippen molar-refractivity contribution in [2.75, 3.05) is 6.61 Å². The monoisotopic (exact) mass is 606 g/mol. The summed E-state index contributed by atoms with van der Waals surface area (Å²) < 4.78 is 6.01. The molecule has 0 saturated carbocycles. The molecule has 4 aromatic carbocycles. The minimum atomic E-state index is -0.654. The molecule has 1 N–H and O–H groups in total. The van der Waals surface area contributed by atoms with Crippen molar-refractivity contribution in [3.05, 3.63) is 129 Å². The summed E-state index contributed by atoms with van der Waals surface area (Å²) in [5.41, 5.74) is 4.32. The number of nitrogens with zero attached hydrogens (tertiary/aromatic N) is 3. The largest absolute Gasteiger partial charge is 0.437 e. The Hall–Kier alpha value is -5.12. The number of fused-ring (bicyclic) bond motifs is 2. The molecule has 2 heterocycles. The number of carbonyl (C=O) groups excluding carboxylic acids is 3. The molecule has 0 bridgehead atoms. The molecule has 0 fully saturated rings. The first-order valence-electron chi connectivity index (χ1n) is 13.9. The highest BCUT2D eigenvalue weighted by atomic mass is 35.5. The van der Waals surface area contributed by atoms with Crippen LogP contribution < -0.4 is 10.1 Å². The smallest absolute Gasteiger partial charge is 0.285 e. The third-order valence-electron chi connectivity index (χ3n) is 7.33. The number of ether oxygens (including phenoxy) is 1. The van der Waals surface area contributed by atoms with Gasteiger partial charge in [0.2, 0.25) is 0 Å². The van der Waals surface area contributed by atoms with Gasteiger partial charge in [-0.15, -0.1) is 15.3 Å². The zero-order valence-corrected chi connectivity index (χ0v) is 24.7. The number of hydroxylamine groups is 2. The molecule has 6 rings (SSSR count). The van der Waals surface area contributed by atoms with Crippen LogP contribution in [0.15, 0.2) is 91.0 Å². The third kappa shape index (κ3) is 5.88. The number of hydrogen-bond donors (Lipinski definition) is 1. The number of aromatic nitrogens is 2. The molecule has 220 valence electrons. The van der Waals surface area contributed by atoms with Gasteiger partial charge in [-0.05, 0) is 67.8 Å². The number of benzene rings is 4. The number of carbonyl (C=O) groups is 3. The molecule has 3 amide bonds. The first kappa shape index (κ1) is 29.0. The van der Waals surface area contributed by atoms with Gasteiger partial charge in [-0.1, -0.05) is 71.8 Å². The van der Waals surface area contributed by atoms with Crippen LogP contribution in [0.25, 0.3) is 10.9 Å². The van der Waals surface area contributed by atoms with E-state index in [0.717, 1.165) is 21.8 Å². The van der Waals surface area contributed by atoms with Crippen molar-refractivity contribution in [3.63, 3.8) is 0 Å². The lowest BCUT2D eigenvalue weighted by atomic mass is 9.99. The van der Waals surface area contributed by atoms with Crippen LogP contribution in [0.5, 0.6) is 11.6 Å². The maximum absolute atomic E-state index is 14.1. The van der Waals surface area contributed by atoms with Gasteiger partial charge in [0, 0.05) is 10.4 Å². The molecule has 1 aliphatic heterocycles. The fourth-order valence-electron chi connectivity index (χ4n) is 5.17. The number of halogens is 1. The van der Waals surface area contributed by atoms with E-state index in [1.54, 1.807) is 72.8 Å². The Labute approximate surface area is 258 Å². The zero-order chi connectivity index (χ0) is 30.8. The summed E-state index contributed by atoms with van der Waals surface area (Å²) in [6.07, 6.45) is 0.363. The standard InChI is InChI=1S/C34H27ClN4O5/c1-20-14-15-22(21(2)16-20)17-24(19-43-39-33(41)26-10-3-4-11-27(26)34(39)42)36-31(40)30-28-12-5-6-13-29(28)37-38-32(30)44-25-9-7-8-23(35)18-25/h3-16,18,24H,17,19H2,1-2H3,(H,36,40)/t24-/m1/s1. The predicted molar refractivity (Wildman–Crippen MR) is 165 cm³/mol. The second-order valence-electron chi connectivity index (χ2n) is 10.5. The molecule has 0 saturated heterocycles. The Morgan fingerprint density at radius 1 is 0.886 bits per heavy atom. The molecule has 0 unspecified atom stereocenters. The Bertz CT molecular complexity index is 1890. The summed E-state index contributed by atoms with van der Waals surface area (Å²) in [5, 5.41) is 13.2. The lowest BCUT2D eigenvalue weighted by molar-refractivity contribution is -0.0968. The molecule has 10 heteroatoms. The first-order chi connectivity index (χ1) is 21.3. The van der Waals surface area contributed by atoms with Crippen LogP contribution in [-0.4, -0.2) is 45.6 Å². The van der Waals surface area contributed by atoms with E-state index >= 15 is 0 Å². The minimum Gasteiger partial charge on any atom is -0.437 e. The van der Waals surface area contributed by atoms with Crippen LogP contribution in [0.4, 0.5) is 0 Å². The van der Waals surface area contributed by atoms with E-state index in [0.29, 0.717) is 28.1 Å². The van der Waals surface area contributed by atoms with Gasteiger partial charge in [-0.2, -0.15) is 0 Å². The molecule has 1 aliphatic rings. The molecule has 1 atom stereocenters. The Morgan fingerprint density at radius 2 is 1.61 bits per heavy atom. The number of amides is 3. The molecule has 5 aromatic rings. The fourth-order valence-corrected chi connectivity index (χ4v) is 5.35. The van der Waals surface area contributed by atoms with Gasteiger partial charge in [-0.25, -0.2) is 0 Å². The SMILES string of the molecule is Cc1ccc(C[C@H](CON2C(=O)c3ccccc3C2=O)NC(=O)c2c(Oc3cccc(Cl)c3)nnc3ccccc23)c(C)c1. The van der Waals surface area contributed by atoms with E-state index in [1.807, 2.05) is 26.0 Å². The van der Waals surface area contributed by atoms with Crippen LogP contribution in [0.2, 0.25) is 5.02 Å². The van der Waals surface area contributed by atoms with E-state index in [1.165, 1.54) is 0 Å². The van der Waals surface area contributed by atoms with Gasteiger partial charge >= 0.3 is 0 Å². The maximum atomic E-state index is 14.1. The van der Waals surface area contributed by atoms with E-state index in [-0.39, 0.29) is 29.2 Å². The number of imide groups is 1. The van der Waals surface area contributed by atoms with E-state index in [2.05, 4.69) is 21.6 Å². The lowest BCUT2D eigenvalue weighted by Crippen LogP contribution is -2.43. The highest BCUT2D eigenvalue weighted by Gasteiger charge is 2.37. The van der Waals surface area contributed by atoms with Crippen molar-refractivity contribution in [2.24, 2.45) is 0 Å². The van der Waals surface area contributed by atoms with Crippen LogP contribution in [0.3, 0.4) is 0 Å². The third-order valence-corrected chi connectivity index (χ3v) is 7.57. The van der Waals surface area contributed by atoms with Gasteiger partial charge in [0.05, 0.1) is 29.3 Å². The molecule has 0 aliphatic carbocycles. The topological polar surface area (TPSA) is 111 Å². The van der Waals surface area contributed by atoms with E-state index in [9.17, 15) is 14.4 Å². The van der Waals surface area contributed by atoms with Gasteiger partial charge in [0.15, 0.2) is 0 Å². The normalized spacial score (nSPS) is 13.2. The average Bonchev–Trinajstić information content (AvgIpc) is 3.25. The number of hydrogen-bond acceptors (Lipinski definition) is 7. The van der Waals surface area contributed by atoms with Gasteiger partial charge in [0.1, 0.15) is 11.3 Å². The van der Waals surface area contributed by atoms with Gasteiger partial charge in [-0.3, -0.25) is 19.2 Å². The fraction of sp³-hybridized carbons (Fsp3) is 0.147. The summed E-state index contributed by atoms with van der Waals surface area (Å²) in [7, 11) is 0. The summed E-state index contributed by atoms with van der Waals surface area (Å²) in [5.74, 6) is -1.21. The molecule has 0 radical (unpaired) electrons. The van der Waals surface area contributed by atoms with Gasteiger partial charge < -0.3 is 10.1 Å². The number of aryl methyl sites for hydroxylation is 2. The van der Waals surface area contributed by atoms with Crippen molar-refractivity contribution in [1.82, 2.24) is 20.6 Å². The Kier molecular flexibility index (Phi) is 8.06. The number of nitrogens with one attached hydrogen (secondary N) is 1. The predicted octanol–water partition coefficient (Wildman–Crippen LogP) is 6.26. The van der Waals surface area contributed by atoms with Crippen molar-refractivity contribution in [2.45, 2.75) is 26.3 Å². The highest BCUT2D eigenvalue weighted by Crippen LogP contribution is 2.30. The minimum absolute atomic E-state index is 0.00463. The van der Waals surface area contributed by atoms with E-state index in [4.69, 9.17) is 21.2 Å². The Morgan fingerprint density at radius 3 is 2.34 bits per heavy atom. The second-order valence-corrected chi connectivity index (χ2v) is 10.9. The molecule has 44 heavy (non-hydrogen) atoms. The molecule has 0 spiro atoms. The molecular weight excluding hydrogens is 580 g/mol. The molecule has 1 aromatic heterocycles. The lowest BCUT2D eigenvalue weighted by Gasteiger charge is -2.23. The van der Waals surface area contributed by atoms with Crippen LogP contribution in [0, 0.1) is 13.8 Å². The molecular formula is C34H27ClN4O5. The van der Waals surface area contributed by atoms with Crippen LogP contribution in [0.1, 0.15) is 47.8 Å². The van der Waals surface area contributed by atoms with Crippen molar-refractivity contribution < 1.29 is 24.0 Å². The van der Waals surface area contributed by atoms with E-state index < -0.39 is 23.8 Å². The summed E-state index contributed by atoms with van der Waals surface area (Å²) in [6.45, 7) is 3.83. The van der Waals surface area contributed by atoms with Crippen molar-refractivity contribution in [3.8, 4) is 11.6 Å². The number of rotatable bonds is 9. The highest BCUT2D eigenvalue weighted by molar-refractivity contribution is 6.30. The summed E-state index contributed by atoms with van der Waals surface area (Å²) >= 11 is 6.15. The van der Waals surface area contributed by atoms with Crippen molar-refractivity contribution >= 4 is 40.2 Å². The first-order valence-corrected chi connectivity index (χ1v) is 14.3. The quantitative estimate of drug-likeness (QED) is 0.197. The molecule has 9 nitrogen and oxygen atoms in total. The van der Waals surface area contributed by atoms with Crippen LogP contribution >= 0.6 is 11.6 Å². The second kappa shape index (κ2) is 12.2. The van der Waals surface area contributed by atoms with Crippen molar-refractivity contribution in [1.29, 1.82) is 0 Å². The Balaban J connectivity index is 1.32. The summed E-state index contributed by atoms with van der Waals surface area (Å²) in [4.78, 5) is 45.8. The summed E-state index contributed by atoms with van der Waals surface area (Å²) in [6, 6.07) is 25.8. The van der Waals surface area contributed by atoms with Gasteiger partial charge in [0.25, 0.3) is 23.6 Å².